The van der Waals surface area contributed by atoms with Crippen molar-refractivity contribution in [3.63, 3.8) is 0 Å². The summed E-state index contributed by atoms with van der Waals surface area (Å²) in [5, 5.41) is 9.73. The van der Waals surface area contributed by atoms with Crippen LogP contribution < -0.4 is 0 Å². The Morgan fingerprint density at radius 3 is 2.79 bits per heavy atom. The van der Waals surface area contributed by atoms with Crippen molar-refractivity contribution in [3.05, 3.63) is 35.4 Å². The first-order valence-corrected chi connectivity index (χ1v) is 5.59. The van der Waals surface area contributed by atoms with E-state index in [9.17, 15) is 5.11 Å². The second-order valence-electron chi connectivity index (χ2n) is 4.22. The van der Waals surface area contributed by atoms with Crippen LogP contribution in [0.1, 0.15) is 55.8 Å². The van der Waals surface area contributed by atoms with Crippen LogP contribution in [0, 0.1) is 0 Å². The lowest BCUT2D eigenvalue weighted by Gasteiger charge is -2.26. The van der Waals surface area contributed by atoms with E-state index in [4.69, 9.17) is 0 Å². The summed E-state index contributed by atoms with van der Waals surface area (Å²) < 4.78 is 0. The number of aliphatic hydroxyl groups excluding tert-OH is 1. The molecule has 0 spiro atoms. The van der Waals surface area contributed by atoms with Gasteiger partial charge in [-0.25, -0.2) is 0 Å². The topological polar surface area (TPSA) is 20.2 Å². The quantitative estimate of drug-likeness (QED) is 0.774. The standard InChI is InChI=1S/C13H18O/c1-2-13(14)12-8-4-7-11(9-12)10-5-3-6-10/h4,7-10,13-14H,2-3,5-6H2,1H3. The summed E-state index contributed by atoms with van der Waals surface area (Å²) in [5.41, 5.74) is 2.50. The Kier molecular flexibility index (Phi) is 2.87. The summed E-state index contributed by atoms with van der Waals surface area (Å²) >= 11 is 0. The van der Waals surface area contributed by atoms with Gasteiger partial charge in [-0.1, -0.05) is 37.6 Å². The van der Waals surface area contributed by atoms with Crippen molar-refractivity contribution in [1.29, 1.82) is 0 Å². The molecule has 1 fully saturated rings. The predicted octanol–water partition coefficient (Wildman–Crippen LogP) is 3.40. The molecule has 0 amide bonds. The van der Waals surface area contributed by atoms with Crippen LogP contribution in [0.25, 0.3) is 0 Å². The van der Waals surface area contributed by atoms with Crippen molar-refractivity contribution in [1.82, 2.24) is 0 Å². The van der Waals surface area contributed by atoms with Crippen LogP contribution in [0.2, 0.25) is 0 Å². The number of hydrogen-bond donors (Lipinski definition) is 1. The lowest BCUT2D eigenvalue weighted by atomic mass is 9.79. The summed E-state index contributed by atoms with van der Waals surface area (Å²) in [6.45, 7) is 2.01. The third-order valence-corrected chi connectivity index (χ3v) is 3.26. The molecule has 1 aromatic carbocycles. The molecule has 0 aromatic heterocycles. The van der Waals surface area contributed by atoms with Gasteiger partial charge in [0.25, 0.3) is 0 Å². The van der Waals surface area contributed by atoms with Crippen LogP contribution >= 0.6 is 0 Å². The van der Waals surface area contributed by atoms with E-state index in [1.807, 2.05) is 13.0 Å². The van der Waals surface area contributed by atoms with Gasteiger partial charge in [-0.3, -0.25) is 0 Å². The number of hydrogen-bond acceptors (Lipinski definition) is 1. The van der Waals surface area contributed by atoms with E-state index in [0.717, 1.165) is 17.9 Å². The molecular formula is C13H18O. The van der Waals surface area contributed by atoms with Crippen molar-refractivity contribution >= 4 is 0 Å². The third kappa shape index (κ3) is 1.83. The zero-order valence-corrected chi connectivity index (χ0v) is 8.74. The van der Waals surface area contributed by atoms with Crippen LogP contribution in [0.5, 0.6) is 0 Å². The van der Waals surface area contributed by atoms with Gasteiger partial charge in [0.15, 0.2) is 0 Å². The normalized spacial score (nSPS) is 19.0. The van der Waals surface area contributed by atoms with Gasteiger partial charge in [0.05, 0.1) is 6.10 Å². The minimum atomic E-state index is -0.282. The van der Waals surface area contributed by atoms with Gasteiger partial charge in [-0.05, 0) is 36.3 Å². The maximum absolute atomic E-state index is 9.73. The van der Waals surface area contributed by atoms with Crippen molar-refractivity contribution in [2.75, 3.05) is 0 Å². The van der Waals surface area contributed by atoms with Gasteiger partial charge in [0.1, 0.15) is 0 Å². The number of rotatable bonds is 3. The molecule has 0 radical (unpaired) electrons. The molecule has 14 heavy (non-hydrogen) atoms. The molecule has 76 valence electrons. The highest BCUT2D eigenvalue weighted by molar-refractivity contribution is 5.28. The average molecular weight is 190 g/mol. The molecule has 1 saturated carbocycles. The Morgan fingerprint density at radius 2 is 2.21 bits per heavy atom. The van der Waals surface area contributed by atoms with Crippen LogP contribution in [-0.2, 0) is 0 Å². The van der Waals surface area contributed by atoms with Gasteiger partial charge in [-0.2, -0.15) is 0 Å². The fourth-order valence-electron chi connectivity index (χ4n) is 2.00. The summed E-state index contributed by atoms with van der Waals surface area (Å²) in [4.78, 5) is 0. The monoisotopic (exact) mass is 190 g/mol. The second-order valence-corrected chi connectivity index (χ2v) is 4.22. The molecule has 1 N–H and O–H groups in total. The smallest absolute Gasteiger partial charge is 0.0787 e. The maximum atomic E-state index is 9.73. The Morgan fingerprint density at radius 1 is 1.43 bits per heavy atom. The van der Waals surface area contributed by atoms with Crippen molar-refractivity contribution in [3.8, 4) is 0 Å². The minimum Gasteiger partial charge on any atom is -0.388 e. The third-order valence-electron chi connectivity index (χ3n) is 3.26. The first-order valence-electron chi connectivity index (χ1n) is 5.59. The molecule has 1 unspecified atom stereocenters. The van der Waals surface area contributed by atoms with Crippen molar-refractivity contribution < 1.29 is 5.11 Å². The Bertz CT molecular complexity index is 282. The fraction of sp³-hybridized carbons (Fsp3) is 0.538. The molecule has 0 saturated heterocycles. The molecule has 1 nitrogen and oxygen atoms in total. The van der Waals surface area contributed by atoms with E-state index in [2.05, 4.69) is 18.2 Å². The molecule has 2 rings (SSSR count). The summed E-state index contributed by atoms with van der Waals surface area (Å²) in [6, 6.07) is 8.46. The van der Waals surface area contributed by atoms with E-state index in [1.165, 1.54) is 24.8 Å². The van der Waals surface area contributed by atoms with Crippen LogP contribution in [0.15, 0.2) is 24.3 Å². The molecule has 1 aromatic rings. The van der Waals surface area contributed by atoms with Crippen molar-refractivity contribution in [2.45, 2.75) is 44.6 Å². The number of benzene rings is 1. The zero-order chi connectivity index (χ0) is 9.97. The first-order chi connectivity index (χ1) is 6.81. The Balaban J connectivity index is 2.17. The highest BCUT2D eigenvalue weighted by Gasteiger charge is 2.19. The molecule has 0 bridgehead atoms. The fourth-order valence-corrected chi connectivity index (χ4v) is 2.00. The van der Waals surface area contributed by atoms with Gasteiger partial charge in [-0.15, -0.1) is 0 Å². The summed E-state index contributed by atoms with van der Waals surface area (Å²) in [5.74, 6) is 0.763. The lowest BCUT2D eigenvalue weighted by molar-refractivity contribution is 0.173. The highest BCUT2D eigenvalue weighted by atomic mass is 16.3. The van der Waals surface area contributed by atoms with Crippen molar-refractivity contribution in [2.24, 2.45) is 0 Å². The van der Waals surface area contributed by atoms with Gasteiger partial charge in [0, 0.05) is 0 Å². The lowest BCUT2D eigenvalue weighted by Crippen LogP contribution is -2.09. The predicted molar refractivity (Wildman–Crippen MR) is 58.3 cm³/mol. The average Bonchev–Trinajstić information content (AvgIpc) is 2.14. The van der Waals surface area contributed by atoms with E-state index >= 15 is 0 Å². The van der Waals surface area contributed by atoms with Gasteiger partial charge >= 0.3 is 0 Å². The van der Waals surface area contributed by atoms with E-state index in [-0.39, 0.29) is 6.10 Å². The molecule has 0 heterocycles. The molecule has 1 aliphatic rings. The number of aliphatic hydroxyl groups is 1. The Hall–Kier alpha value is -0.820. The zero-order valence-electron chi connectivity index (χ0n) is 8.74. The largest absolute Gasteiger partial charge is 0.388 e. The SMILES string of the molecule is CCC(O)c1cccc(C2CCC2)c1. The second kappa shape index (κ2) is 4.14. The molecular weight excluding hydrogens is 172 g/mol. The maximum Gasteiger partial charge on any atom is 0.0787 e. The van der Waals surface area contributed by atoms with Gasteiger partial charge in [0.2, 0.25) is 0 Å². The molecule has 1 aliphatic carbocycles. The van der Waals surface area contributed by atoms with Crippen LogP contribution in [0.4, 0.5) is 0 Å². The summed E-state index contributed by atoms with van der Waals surface area (Å²) in [6.07, 6.45) is 4.53. The summed E-state index contributed by atoms with van der Waals surface area (Å²) in [7, 11) is 0. The van der Waals surface area contributed by atoms with Gasteiger partial charge < -0.3 is 5.11 Å². The van der Waals surface area contributed by atoms with E-state index in [0.29, 0.717) is 0 Å². The van der Waals surface area contributed by atoms with Crippen LogP contribution in [0.3, 0.4) is 0 Å². The minimum absolute atomic E-state index is 0.282. The Labute approximate surface area is 85.8 Å². The highest BCUT2D eigenvalue weighted by Crippen LogP contribution is 2.37. The first kappa shape index (κ1) is 9.72. The molecule has 1 heteroatoms. The van der Waals surface area contributed by atoms with E-state index in [1.54, 1.807) is 0 Å². The molecule has 1 atom stereocenters. The van der Waals surface area contributed by atoms with E-state index < -0.39 is 0 Å². The van der Waals surface area contributed by atoms with Crippen LogP contribution in [-0.4, -0.2) is 5.11 Å². The molecule has 0 aliphatic heterocycles.